The molecule has 2 heterocycles. The zero-order valence-electron chi connectivity index (χ0n) is 8.12. The minimum absolute atomic E-state index is 0.100. The van der Waals surface area contributed by atoms with Crippen molar-refractivity contribution in [2.45, 2.75) is 20.0 Å². The molecule has 2 aliphatic heterocycles. The van der Waals surface area contributed by atoms with E-state index in [-0.39, 0.29) is 6.17 Å². The standard InChI is InChI=1S/C9H12BrN3O/c1-3-14-8-4-7(10)5-13-9(8)11-6(2)12-13/h4-6,12H,3H2,1-2H3. The van der Waals surface area contributed by atoms with Gasteiger partial charge in [-0.3, -0.25) is 5.01 Å². The molecule has 0 amide bonds. The van der Waals surface area contributed by atoms with Gasteiger partial charge in [0.2, 0.25) is 0 Å². The first-order valence-corrected chi connectivity index (χ1v) is 5.35. The molecule has 0 aromatic heterocycles. The number of hydrogen-bond donors (Lipinski definition) is 1. The van der Waals surface area contributed by atoms with Gasteiger partial charge in [0.15, 0.2) is 11.6 Å². The van der Waals surface area contributed by atoms with Crippen molar-refractivity contribution in [3.05, 3.63) is 22.5 Å². The van der Waals surface area contributed by atoms with E-state index < -0.39 is 0 Å². The Bertz CT molecular complexity index is 335. The summed E-state index contributed by atoms with van der Waals surface area (Å²) in [4.78, 5) is 4.42. The number of amidine groups is 1. The van der Waals surface area contributed by atoms with Gasteiger partial charge >= 0.3 is 0 Å². The van der Waals surface area contributed by atoms with Gasteiger partial charge in [0.25, 0.3) is 0 Å². The molecule has 0 spiro atoms. The van der Waals surface area contributed by atoms with Crippen LogP contribution >= 0.6 is 15.9 Å². The molecule has 0 aliphatic carbocycles. The predicted octanol–water partition coefficient (Wildman–Crippen LogP) is 1.72. The SMILES string of the molecule is CCOC1=CC(Br)=CN2NC(C)N=C12. The van der Waals surface area contributed by atoms with E-state index in [1.54, 1.807) is 0 Å². The molecule has 0 fully saturated rings. The fourth-order valence-corrected chi connectivity index (χ4v) is 1.84. The van der Waals surface area contributed by atoms with Crippen molar-refractivity contribution in [2.75, 3.05) is 6.61 Å². The van der Waals surface area contributed by atoms with Crippen molar-refractivity contribution >= 4 is 21.8 Å². The van der Waals surface area contributed by atoms with Crippen LogP contribution in [0.15, 0.2) is 27.5 Å². The van der Waals surface area contributed by atoms with Gasteiger partial charge in [-0.2, -0.15) is 0 Å². The highest BCUT2D eigenvalue weighted by Gasteiger charge is 2.27. The normalized spacial score (nSPS) is 25.2. The third-order valence-corrected chi connectivity index (χ3v) is 2.35. The number of fused-ring (bicyclic) bond motifs is 1. The maximum Gasteiger partial charge on any atom is 0.187 e. The van der Waals surface area contributed by atoms with Crippen LogP contribution in [-0.2, 0) is 4.74 Å². The van der Waals surface area contributed by atoms with Gasteiger partial charge in [0, 0.05) is 10.7 Å². The van der Waals surface area contributed by atoms with Crippen LogP contribution in [0, 0.1) is 0 Å². The number of ether oxygens (including phenoxy) is 1. The molecule has 1 N–H and O–H groups in total. The zero-order valence-corrected chi connectivity index (χ0v) is 9.71. The molecule has 0 aromatic carbocycles. The highest BCUT2D eigenvalue weighted by molar-refractivity contribution is 9.11. The van der Waals surface area contributed by atoms with E-state index in [0.717, 1.165) is 16.1 Å². The van der Waals surface area contributed by atoms with Gasteiger partial charge < -0.3 is 4.74 Å². The number of aliphatic imine (C=N–C) groups is 1. The van der Waals surface area contributed by atoms with Crippen molar-refractivity contribution in [2.24, 2.45) is 4.99 Å². The van der Waals surface area contributed by atoms with E-state index in [1.165, 1.54) is 0 Å². The van der Waals surface area contributed by atoms with Crippen molar-refractivity contribution in [3.8, 4) is 0 Å². The lowest BCUT2D eigenvalue weighted by atomic mass is 10.3. The quantitative estimate of drug-likeness (QED) is 0.819. The van der Waals surface area contributed by atoms with Crippen LogP contribution in [0.3, 0.4) is 0 Å². The summed E-state index contributed by atoms with van der Waals surface area (Å²) >= 11 is 3.42. The molecule has 2 aliphatic rings. The van der Waals surface area contributed by atoms with Crippen LogP contribution in [0.4, 0.5) is 0 Å². The fraction of sp³-hybridized carbons (Fsp3) is 0.444. The predicted molar refractivity (Wildman–Crippen MR) is 58.6 cm³/mol. The summed E-state index contributed by atoms with van der Waals surface area (Å²) in [6.45, 7) is 4.60. The van der Waals surface area contributed by atoms with Gasteiger partial charge in [0.05, 0.1) is 6.61 Å². The molecule has 76 valence electrons. The molecule has 0 bridgehead atoms. The first-order valence-electron chi connectivity index (χ1n) is 4.56. The van der Waals surface area contributed by atoms with Gasteiger partial charge in [-0.25, -0.2) is 10.4 Å². The van der Waals surface area contributed by atoms with Crippen molar-refractivity contribution < 1.29 is 4.74 Å². The van der Waals surface area contributed by atoms with Crippen LogP contribution in [-0.4, -0.2) is 23.6 Å². The number of nitrogens with one attached hydrogen (secondary N) is 1. The van der Waals surface area contributed by atoms with Crippen LogP contribution in [0.2, 0.25) is 0 Å². The van der Waals surface area contributed by atoms with Gasteiger partial charge in [0.1, 0.15) is 6.17 Å². The number of hydrogen-bond acceptors (Lipinski definition) is 4. The number of rotatable bonds is 2. The summed E-state index contributed by atoms with van der Waals surface area (Å²) in [7, 11) is 0. The Labute approximate surface area is 91.4 Å². The van der Waals surface area contributed by atoms with Crippen molar-refractivity contribution in [1.82, 2.24) is 10.4 Å². The second kappa shape index (κ2) is 3.74. The third-order valence-electron chi connectivity index (χ3n) is 1.91. The first-order chi connectivity index (χ1) is 6.70. The van der Waals surface area contributed by atoms with Gasteiger partial charge in [-0.05, 0) is 35.9 Å². The topological polar surface area (TPSA) is 36.9 Å². The summed E-state index contributed by atoms with van der Waals surface area (Å²) in [6, 6.07) is 0. The molecule has 0 aromatic rings. The fourth-order valence-electron chi connectivity index (χ4n) is 1.43. The van der Waals surface area contributed by atoms with Crippen LogP contribution in [0.5, 0.6) is 0 Å². The Morgan fingerprint density at radius 1 is 1.71 bits per heavy atom. The van der Waals surface area contributed by atoms with Crippen molar-refractivity contribution in [3.63, 3.8) is 0 Å². The van der Waals surface area contributed by atoms with Crippen LogP contribution < -0.4 is 5.43 Å². The molecular formula is C9H12BrN3O. The van der Waals surface area contributed by atoms with Gasteiger partial charge in [-0.1, -0.05) is 0 Å². The molecule has 0 radical (unpaired) electrons. The lowest BCUT2D eigenvalue weighted by Gasteiger charge is -2.22. The maximum atomic E-state index is 5.49. The monoisotopic (exact) mass is 257 g/mol. The Hall–Kier alpha value is -0.810. The molecule has 5 heteroatoms. The Kier molecular flexibility index (Phi) is 2.60. The van der Waals surface area contributed by atoms with E-state index in [9.17, 15) is 0 Å². The molecule has 1 unspecified atom stereocenters. The van der Waals surface area contributed by atoms with E-state index in [2.05, 4.69) is 26.3 Å². The van der Waals surface area contributed by atoms with E-state index >= 15 is 0 Å². The number of allylic oxidation sites excluding steroid dienone is 2. The number of halogens is 1. The second-order valence-electron chi connectivity index (χ2n) is 3.08. The molecule has 2 rings (SSSR count). The lowest BCUT2D eigenvalue weighted by Crippen LogP contribution is -2.37. The first kappa shape index (κ1) is 9.73. The number of hydrazine groups is 1. The number of nitrogens with zero attached hydrogens (tertiary/aromatic N) is 2. The highest BCUT2D eigenvalue weighted by atomic mass is 79.9. The molecule has 4 nitrogen and oxygen atoms in total. The molecule has 14 heavy (non-hydrogen) atoms. The smallest absolute Gasteiger partial charge is 0.187 e. The van der Waals surface area contributed by atoms with Gasteiger partial charge in [-0.15, -0.1) is 0 Å². The maximum absolute atomic E-state index is 5.49. The Morgan fingerprint density at radius 3 is 3.21 bits per heavy atom. The lowest BCUT2D eigenvalue weighted by molar-refractivity contribution is 0.240. The Balaban J connectivity index is 2.29. The zero-order chi connectivity index (χ0) is 10.1. The minimum Gasteiger partial charge on any atom is -0.490 e. The summed E-state index contributed by atoms with van der Waals surface area (Å²) in [5, 5.41) is 1.87. The molecule has 0 saturated heterocycles. The summed E-state index contributed by atoms with van der Waals surface area (Å²) < 4.78 is 6.47. The van der Waals surface area contributed by atoms with E-state index in [0.29, 0.717) is 6.61 Å². The van der Waals surface area contributed by atoms with E-state index in [4.69, 9.17) is 4.74 Å². The highest BCUT2D eigenvalue weighted by Crippen LogP contribution is 2.23. The minimum atomic E-state index is 0.100. The summed E-state index contributed by atoms with van der Waals surface area (Å²) in [6.07, 6.45) is 3.96. The third kappa shape index (κ3) is 1.69. The average Bonchev–Trinajstić information content (AvgIpc) is 2.45. The Morgan fingerprint density at radius 2 is 2.50 bits per heavy atom. The van der Waals surface area contributed by atoms with E-state index in [1.807, 2.05) is 31.1 Å². The van der Waals surface area contributed by atoms with Crippen LogP contribution in [0.25, 0.3) is 0 Å². The largest absolute Gasteiger partial charge is 0.490 e. The molecule has 0 saturated carbocycles. The molecular weight excluding hydrogens is 246 g/mol. The molecule has 1 atom stereocenters. The summed E-state index contributed by atoms with van der Waals surface area (Å²) in [5.41, 5.74) is 3.18. The summed E-state index contributed by atoms with van der Waals surface area (Å²) in [5.74, 6) is 1.65. The van der Waals surface area contributed by atoms with Crippen LogP contribution in [0.1, 0.15) is 13.8 Å². The second-order valence-corrected chi connectivity index (χ2v) is 4.00. The average molecular weight is 258 g/mol. The van der Waals surface area contributed by atoms with Crippen molar-refractivity contribution in [1.29, 1.82) is 0 Å².